The second kappa shape index (κ2) is 6.35. The summed E-state index contributed by atoms with van der Waals surface area (Å²) in [5.74, 6) is -0.387. The number of fused-ring (bicyclic) bond motifs is 1. The topological polar surface area (TPSA) is 50.3 Å². The van der Waals surface area contributed by atoms with Crippen LogP contribution in [0.2, 0.25) is 0 Å². The van der Waals surface area contributed by atoms with Gasteiger partial charge in [0.15, 0.2) is 0 Å². The Hall–Kier alpha value is -2.75. The van der Waals surface area contributed by atoms with Crippen molar-refractivity contribution >= 4 is 11.8 Å². The Kier molecular flexibility index (Phi) is 4.10. The van der Waals surface area contributed by atoms with Crippen molar-refractivity contribution in [3.8, 4) is 0 Å². The third-order valence-electron chi connectivity index (χ3n) is 3.64. The molecule has 0 unspecified atom stereocenters. The summed E-state index contributed by atoms with van der Waals surface area (Å²) in [5, 5.41) is 0. The second-order valence-electron chi connectivity index (χ2n) is 5.13. The Bertz CT molecular complexity index is 688. The molecule has 4 nitrogen and oxygen atoms in total. The number of aromatic nitrogens is 1. The predicted octanol–water partition coefficient (Wildman–Crippen LogP) is 2.87. The third kappa shape index (κ3) is 2.81. The van der Waals surface area contributed by atoms with E-state index in [1.807, 2.05) is 30.5 Å². The van der Waals surface area contributed by atoms with Crippen molar-refractivity contribution in [3.63, 3.8) is 0 Å². The molecule has 1 aromatic heterocycles. The van der Waals surface area contributed by atoms with Crippen molar-refractivity contribution in [1.82, 2.24) is 9.88 Å². The van der Waals surface area contributed by atoms with E-state index in [0.29, 0.717) is 24.1 Å². The number of hydrogen-bond donors (Lipinski definition) is 0. The van der Waals surface area contributed by atoms with Gasteiger partial charge in [0.1, 0.15) is 0 Å². The third-order valence-corrected chi connectivity index (χ3v) is 3.64. The lowest BCUT2D eigenvalue weighted by Gasteiger charge is -2.11. The highest BCUT2D eigenvalue weighted by atomic mass is 16.2. The van der Waals surface area contributed by atoms with Crippen molar-refractivity contribution in [1.29, 1.82) is 0 Å². The van der Waals surface area contributed by atoms with Crippen LogP contribution in [0.5, 0.6) is 0 Å². The molecule has 1 aromatic carbocycles. The first kappa shape index (κ1) is 14.2. The van der Waals surface area contributed by atoms with Gasteiger partial charge in [-0.05, 0) is 36.6 Å². The summed E-state index contributed by atoms with van der Waals surface area (Å²) >= 11 is 0. The van der Waals surface area contributed by atoms with Gasteiger partial charge in [-0.3, -0.25) is 19.5 Å². The molecule has 0 atom stereocenters. The number of imide groups is 1. The van der Waals surface area contributed by atoms with E-state index < -0.39 is 0 Å². The summed E-state index contributed by atoms with van der Waals surface area (Å²) < 4.78 is 0. The van der Waals surface area contributed by atoms with E-state index in [1.165, 1.54) is 4.90 Å². The normalized spacial score (nSPS) is 13.9. The van der Waals surface area contributed by atoms with Crippen LogP contribution in [-0.2, 0) is 6.42 Å². The Morgan fingerprint density at radius 3 is 2.32 bits per heavy atom. The molecule has 3 rings (SSSR count). The van der Waals surface area contributed by atoms with Crippen LogP contribution >= 0.6 is 0 Å². The lowest BCUT2D eigenvalue weighted by Crippen LogP contribution is -2.30. The van der Waals surface area contributed by atoms with Crippen LogP contribution in [0.4, 0.5) is 0 Å². The zero-order valence-corrected chi connectivity index (χ0v) is 12.1. The van der Waals surface area contributed by atoms with Crippen LogP contribution in [0.25, 0.3) is 0 Å². The molecule has 0 aliphatic carbocycles. The minimum Gasteiger partial charge on any atom is -0.274 e. The Morgan fingerprint density at radius 2 is 1.68 bits per heavy atom. The summed E-state index contributed by atoms with van der Waals surface area (Å²) in [6.07, 6.45) is 9.07. The van der Waals surface area contributed by atoms with Crippen LogP contribution < -0.4 is 0 Å². The van der Waals surface area contributed by atoms with Gasteiger partial charge >= 0.3 is 0 Å². The van der Waals surface area contributed by atoms with Gasteiger partial charge in [0.2, 0.25) is 0 Å². The summed E-state index contributed by atoms with van der Waals surface area (Å²) in [4.78, 5) is 29.7. The van der Waals surface area contributed by atoms with Crippen LogP contribution in [0.3, 0.4) is 0 Å². The van der Waals surface area contributed by atoms with Gasteiger partial charge in [-0.1, -0.05) is 30.4 Å². The molecule has 0 saturated carbocycles. The fraction of sp³-hybridized carbons (Fsp3) is 0.167. The average Bonchev–Trinajstić information content (AvgIpc) is 2.81. The number of hydrogen-bond acceptors (Lipinski definition) is 3. The van der Waals surface area contributed by atoms with Gasteiger partial charge in [0.25, 0.3) is 11.8 Å². The standard InChI is InChI=1S/C18H16N2O2/c21-17-15-9-3-4-10-16(15)18(22)20(17)12-5-1-2-7-14-8-6-11-19-13-14/h1-4,6,8-11,13H,5,7,12H2. The van der Waals surface area contributed by atoms with Gasteiger partial charge < -0.3 is 0 Å². The molecule has 0 spiro atoms. The van der Waals surface area contributed by atoms with Crippen molar-refractivity contribution in [2.75, 3.05) is 6.54 Å². The molecule has 1 aliphatic heterocycles. The number of amides is 2. The summed E-state index contributed by atoms with van der Waals surface area (Å²) in [6.45, 7) is 0.413. The van der Waals surface area contributed by atoms with E-state index >= 15 is 0 Å². The lowest BCUT2D eigenvalue weighted by atomic mass is 10.1. The molecule has 0 radical (unpaired) electrons. The number of benzene rings is 1. The molecular weight excluding hydrogens is 276 g/mol. The number of carbonyl (C=O) groups is 2. The largest absolute Gasteiger partial charge is 0.274 e. The first-order valence-electron chi connectivity index (χ1n) is 7.26. The van der Waals surface area contributed by atoms with E-state index in [1.54, 1.807) is 30.5 Å². The zero-order valence-electron chi connectivity index (χ0n) is 12.1. The van der Waals surface area contributed by atoms with Crippen molar-refractivity contribution in [2.45, 2.75) is 12.8 Å². The van der Waals surface area contributed by atoms with Crippen LogP contribution in [0, 0.1) is 0 Å². The molecule has 1 aliphatic rings. The highest BCUT2D eigenvalue weighted by molar-refractivity contribution is 6.21. The SMILES string of the molecule is O=C1c2ccccc2C(=O)N1CCC=CCc1cccnc1. The second-order valence-corrected chi connectivity index (χ2v) is 5.13. The molecule has 0 saturated heterocycles. The minimum atomic E-state index is -0.193. The van der Waals surface area contributed by atoms with Gasteiger partial charge in [-0.25, -0.2) is 0 Å². The van der Waals surface area contributed by atoms with Crippen LogP contribution in [-0.4, -0.2) is 28.2 Å². The van der Waals surface area contributed by atoms with E-state index in [2.05, 4.69) is 4.98 Å². The van der Waals surface area contributed by atoms with E-state index in [-0.39, 0.29) is 11.8 Å². The molecule has 4 heteroatoms. The van der Waals surface area contributed by atoms with E-state index in [9.17, 15) is 9.59 Å². The Labute approximate surface area is 129 Å². The number of allylic oxidation sites excluding steroid dienone is 1. The fourth-order valence-corrected chi connectivity index (χ4v) is 2.50. The highest BCUT2D eigenvalue weighted by Gasteiger charge is 2.34. The molecule has 110 valence electrons. The average molecular weight is 292 g/mol. The summed E-state index contributed by atoms with van der Waals surface area (Å²) in [6, 6.07) is 10.9. The van der Waals surface area contributed by atoms with Gasteiger partial charge in [-0.2, -0.15) is 0 Å². The predicted molar refractivity (Wildman–Crippen MR) is 83.5 cm³/mol. The van der Waals surface area contributed by atoms with Crippen LogP contribution in [0.1, 0.15) is 32.7 Å². The molecule has 0 fully saturated rings. The minimum absolute atomic E-state index is 0.193. The number of nitrogens with zero attached hydrogens (tertiary/aromatic N) is 2. The number of pyridine rings is 1. The summed E-state index contributed by atoms with van der Waals surface area (Å²) in [7, 11) is 0. The quantitative estimate of drug-likeness (QED) is 0.629. The van der Waals surface area contributed by atoms with E-state index in [4.69, 9.17) is 0 Å². The maximum absolute atomic E-state index is 12.2. The highest BCUT2D eigenvalue weighted by Crippen LogP contribution is 2.22. The van der Waals surface area contributed by atoms with Crippen molar-refractivity contribution in [2.24, 2.45) is 0 Å². The van der Waals surface area contributed by atoms with Crippen molar-refractivity contribution in [3.05, 3.63) is 77.6 Å². The van der Waals surface area contributed by atoms with E-state index in [0.717, 1.165) is 12.0 Å². The first-order valence-corrected chi connectivity index (χ1v) is 7.26. The van der Waals surface area contributed by atoms with Gasteiger partial charge in [0.05, 0.1) is 11.1 Å². The fourth-order valence-electron chi connectivity index (χ4n) is 2.50. The molecule has 2 amide bonds. The molecular formula is C18H16N2O2. The van der Waals surface area contributed by atoms with Gasteiger partial charge in [-0.15, -0.1) is 0 Å². The maximum Gasteiger partial charge on any atom is 0.261 e. The smallest absolute Gasteiger partial charge is 0.261 e. The number of carbonyl (C=O) groups excluding carboxylic acids is 2. The lowest BCUT2D eigenvalue weighted by molar-refractivity contribution is 0.0657. The Balaban J connectivity index is 1.55. The molecule has 2 aromatic rings. The number of rotatable bonds is 5. The maximum atomic E-state index is 12.2. The molecule has 0 N–H and O–H groups in total. The molecule has 2 heterocycles. The Morgan fingerprint density at radius 1 is 0.955 bits per heavy atom. The zero-order chi connectivity index (χ0) is 15.4. The van der Waals surface area contributed by atoms with Gasteiger partial charge in [0, 0.05) is 18.9 Å². The monoisotopic (exact) mass is 292 g/mol. The molecule has 22 heavy (non-hydrogen) atoms. The first-order chi connectivity index (χ1) is 10.8. The summed E-state index contributed by atoms with van der Waals surface area (Å²) in [5.41, 5.74) is 2.15. The van der Waals surface area contributed by atoms with Crippen LogP contribution in [0.15, 0.2) is 60.9 Å². The van der Waals surface area contributed by atoms with Crippen molar-refractivity contribution < 1.29 is 9.59 Å². The molecule has 0 bridgehead atoms.